The van der Waals surface area contributed by atoms with Gasteiger partial charge >= 0.3 is 0 Å². The zero-order valence-electron chi connectivity index (χ0n) is 15.6. The summed E-state index contributed by atoms with van der Waals surface area (Å²) in [6.07, 6.45) is 1.49. The predicted molar refractivity (Wildman–Crippen MR) is 97.1 cm³/mol. The Morgan fingerprint density at radius 3 is 2.46 bits per heavy atom. The molecule has 2 aliphatic carbocycles. The van der Waals surface area contributed by atoms with E-state index in [2.05, 4.69) is 6.58 Å². The number of aliphatic hydroxyl groups excluding tert-OH is 1. The number of aromatic hydroxyl groups is 2. The highest BCUT2D eigenvalue weighted by atomic mass is 16.5. The maximum absolute atomic E-state index is 13.0. The topological polar surface area (TPSA) is 87.0 Å². The molecule has 1 aliphatic heterocycles. The lowest BCUT2D eigenvalue weighted by atomic mass is 9.53. The van der Waals surface area contributed by atoms with E-state index in [4.69, 9.17) is 4.74 Å². The molecule has 1 saturated carbocycles. The van der Waals surface area contributed by atoms with Crippen LogP contribution in [0.1, 0.15) is 62.0 Å². The lowest BCUT2D eigenvalue weighted by Crippen LogP contribution is -2.44. The fraction of sp³-hybridized carbons (Fsp3) is 0.476. The smallest absolute Gasteiger partial charge is 0.231 e. The molecule has 0 amide bonds. The molecule has 0 radical (unpaired) electrons. The van der Waals surface area contributed by atoms with Crippen LogP contribution in [-0.2, 0) is 11.8 Å². The monoisotopic (exact) mass is 356 g/mol. The lowest BCUT2D eigenvalue weighted by molar-refractivity contribution is 0.0945. The largest absolute Gasteiger partial charge is 0.507 e. The number of hydrogen-bond acceptors (Lipinski definition) is 5. The Morgan fingerprint density at radius 2 is 1.81 bits per heavy atom. The minimum Gasteiger partial charge on any atom is -0.507 e. The molecular weight excluding hydrogens is 332 g/mol. The Hall–Kier alpha value is -2.43. The fourth-order valence-electron chi connectivity index (χ4n) is 5.10. The molecule has 0 aromatic heterocycles. The van der Waals surface area contributed by atoms with Crippen molar-refractivity contribution in [3.63, 3.8) is 0 Å². The van der Waals surface area contributed by atoms with Crippen LogP contribution in [-0.4, -0.2) is 27.2 Å². The highest BCUT2D eigenvalue weighted by Gasteiger charge is 2.54. The Labute approximate surface area is 152 Å². The number of hydrogen-bond donors (Lipinski definition) is 3. The van der Waals surface area contributed by atoms with Gasteiger partial charge in [0.1, 0.15) is 11.9 Å². The first-order valence-electron chi connectivity index (χ1n) is 8.96. The molecule has 1 aromatic rings. The number of fused-ring (bicyclic) bond motifs is 4. The van der Waals surface area contributed by atoms with Crippen molar-refractivity contribution in [2.75, 3.05) is 0 Å². The average molecular weight is 356 g/mol. The molecule has 5 heteroatoms. The fourth-order valence-corrected chi connectivity index (χ4v) is 5.10. The van der Waals surface area contributed by atoms with E-state index in [1.165, 1.54) is 0 Å². The Bertz CT molecular complexity index is 921. The second-order valence-corrected chi connectivity index (χ2v) is 8.50. The van der Waals surface area contributed by atoms with E-state index in [-0.39, 0.29) is 34.7 Å². The molecule has 0 saturated heterocycles. The van der Waals surface area contributed by atoms with Gasteiger partial charge in [0.05, 0.1) is 5.56 Å². The van der Waals surface area contributed by atoms with Gasteiger partial charge in [-0.25, -0.2) is 0 Å². The van der Waals surface area contributed by atoms with Crippen LogP contribution in [0.5, 0.6) is 17.2 Å². The zero-order valence-corrected chi connectivity index (χ0v) is 15.6. The van der Waals surface area contributed by atoms with Gasteiger partial charge in [-0.1, -0.05) is 32.9 Å². The summed E-state index contributed by atoms with van der Waals surface area (Å²) in [5.74, 6) is -1.01. The SMILES string of the molecule is C=C1CC[C@@]2(C)C(=C(O)C(=O)c3c(O)c4c(c(O)c32)O[C@@H](C)C4)C1(C)C. The van der Waals surface area contributed by atoms with E-state index >= 15 is 0 Å². The van der Waals surface area contributed by atoms with E-state index in [0.717, 1.165) is 5.57 Å². The zero-order chi connectivity index (χ0) is 19.2. The van der Waals surface area contributed by atoms with E-state index in [1.807, 2.05) is 27.7 Å². The number of aliphatic hydroxyl groups is 1. The molecule has 26 heavy (non-hydrogen) atoms. The van der Waals surface area contributed by atoms with E-state index < -0.39 is 16.6 Å². The number of ketones is 1. The van der Waals surface area contributed by atoms with Crippen LogP contribution in [0.3, 0.4) is 0 Å². The summed E-state index contributed by atoms with van der Waals surface area (Å²) in [7, 11) is 0. The molecule has 138 valence electrons. The first-order chi connectivity index (χ1) is 12.0. The molecule has 4 rings (SSSR count). The summed E-state index contributed by atoms with van der Waals surface area (Å²) in [5.41, 5.74) is 0.902. The van der Waals surface area contributed by atoms with Crippen LogP contribution in [0, 0.1) is 5.41 Å². The molecule has 1 fully saturated rings. The van der Waals surface area contributed by atoms with E-state index in [0.29, 0.717) is 36.0 Å². The Balaban J connectivity index is 2.10. The number of carbonyl (C=O) groups is 1. The van der Waals surface area contributed by atoms with Crippen molar-refractivity contribution in [2.24, 2.45) is 5.41 Å². The van der Waals surface area contributed by atoms with Crippen LogP contribution < -0.4 is 4.74 Å². The highest BCUT2D eigenvalue weighted by Crippen LogP contribution is 2.62. The minimum absolute atomic E-state index is 0.00557. The van der Waals surface area contributed by atoms with Crippen molar-refractivity contribution in [2.45, 2.75) is 58.5 Å². The first-order valence-corrected chi connectivity index (χ1v) is 8.96. The Kier molecular flexibility index (Phi) is 3.17. The summed E-state index contributed by atoms with van der Waals surface area (Å²) in [4.78, 5) is 13.0. The van der Waals surface area contributed by atoms with Gasteiger partial charge in [0, 0.05) is 28.4 Å². The second kappa shape index (κ2) is 4.84. The Morgan fingerprint density at radius 1 is 1.15 bits per heavy atom. The summed E-state index contributed by atoms with van der Waals surface area (Å²) in [6.45, 7) is 11.7. The maximum Gasteiger partial charge on any atom is 0.231 e. The van der Waals surface area contributed by atoms with Gasteiger partial charge in [-0.2, -0.15) is 0 Å². The van der Waals surface area contributed by atoms with Gasteiger partial charge in [-0.15, -0.1) is 0 Å². The molecule has 2 atom stereocenters. The third-order valence-electron chi connectivity index (χ3n) is 6.53. The normalized spacial score (nSPS) is 29.2. The molecule has 3 N–H and O–H groups in total. The highest BCUT2D eigenvalue weighted by molar-refractivity contribution is 6.13. The van der Waals surface area contributed by atoms with Crippen LogP contribution >= 0.6 is 0 Å². The van der Waals surface area contributed by atoms with Crippen molar-refractivity contribution in [1.82, 2.24) is 0 Å². The van der Waals surface area contributed by atoms with E-state index in [1.54, 1.807) is 0 Å². The molecule has 3 aliphatic rings. The van der Waals surface area contributed by atoms with Gasteiger partial charge in [0.2, 0.25) is 5.78 Å². The molecule has 5 nitrogen and oxygen atoms in total. The number of phenolic OH excluding ortho intramolecular Hbond substituents is 2. The molecule has 0 spiro atoms. The van der Waals surface area contributed by atoms with Crippen LogP contribution in [0.25, 0.3) is 0 Å². The summed E-state index contributed by atoms with van der Waals surface area (Å²) < 4.78 is 5.73. The number of benzene rings is 1. The number of carbonyl (C=O) groups excluding carboxylic acids is 1. The molecule has 1 heterocycles. The van der Waals surface area contributed by atoms with Crippen molar-refractivity contribution in [3.05, 3.63) is 40.2 Å². The second-order valence-electron chi connectivity index (χ2n) is 8.50. The van der Waals surface area contributed by atoms with Crippen molar-refractivity contribution in [3.8, 4) is 17.2 Å². The average Bonchev–Trinajstić information content (AvgIpc) is 2.95. The maximum atomic E-state index is 13.0. The number of allylic oxidation sites excluding steroid dienone is 3. The van der Waals surface area contributed by atoms with Gasteiger partial charge in [-0.05, 0) is 25.3 Å². The standard InChI is InChI=1S/C21H24O5/c1-9-6-7-21(5)13-12(15(23)17(25)19(21)20(9,3)4)14(22)11-8-10(2)26-18(11)16(13)24/h10,22,24-25H,1,6-8H2,2-5H3/t10-,21+/m0/s1. The number of Topliss-reactive ketones (excluding diaryl/α,β-unsaturated/α-hetero) is 1. The minimum atomic E-state index is -0.788. The summed E-state index contributed by atoms with van der Waals surface area (Å²) in [5, 5.41) is 32.7. The number of phenols is 2. The van der Waals surface area contributed by atoms with Gasteiger partial charge in [-0.3, -0.25) is 4.79 Å². The summed E-state index contributed by atoms with van der Waals surface area (Å²) in [6, 6.07) is 0. The van der Waals surface area contributed by atoms with Gasteiger partial charge < -0.3 is 20.1 Å². The van der Waals surface area contributed by atoms with Crippen LogP contribution in [0.2, 0.25) is 0 Å². The van der Waals surface area contributed by atoms with Gasteiger partial charge in [0.15, 0.2) is 17.3 Å². The molecule has 1 aromatic carbocycles. The third kappa shape index (κ3) is 1.78. The summed E-state index contributed by atoms with van der Waals surface area (Å²) >= 11 is 0. The number of rotatable bonds is 0. The molecule has 0 bridgehead atoms. The predicted octanol–water partition coefficient (Wildman–Crippen LogP) is 4.06. The van der Waals surface area contributed by atoms with E-state index in [9.17, 15) is 20.1 Å². The van der Waals surface area contributed by atoms with Crippen molar-refractivity contribution >= 4 is 5.78 Å². The van der Waals surface area contributed by atoms with Gasteiger partial charge in [0.25, 0.3) is 0 Å². The number of ether oxygens (including phenoxy) is 1. The quantitative estimate of drug-likeness (QED) is 0.482. The van der Waals surface area contributed by atoms with Crippen molar-refractivity contribution < 1.29 is 24.9 Å². The molecule has 0 unspecified atom stereocenters. The lowest BCUT2D eigenvalue weighted by Gasteiger charge is -2.50. The molecular formula is C21H24O5. The van der Waals surface area contributed by atoms with Crippen LogP contribution in [0.4, 0.5) is 0 Å². The first kappa shape index (κ1) is 17.0. The van der Waals surface area contributed by atoms with Crippen molar-refractivity contribution in [1.29, 1.82) is 0 Å². The third-order valence-corrected chi connectivity index (χ3v) is 6.53. The van der Waals surface area contributed by atoms with Crippen LogP contribution in [0.15, 0.2) is 23.5 Å².